The Kier molecular flexibility index (Phi) is 9.76. The van der Waals surface area contributed by atoms with Crippen LogP contribution in [0.2, 0.25) is 0 Å². The number of carbonyl (C=O) groups is 1. The number of nitrogens with zero attached hydrogens (tertiary/aromatic N) is 4. The Morgan fingerprint density at radius 1 is 1.23 bits per heavy atom. The van der Waals surface area contributed by atoms with E-state index in [4.69, 9.17) is 29.0 Å². The van der Waals surface area contributed by atoms with Crippen LogP contribution in [-0.4, -0.2) is 74.8 Å². The number of benzene rings is 2. The number of hydrogen-bond donors (Lipinski definition) is 3. The van der Waals surface area contributed by atoms with Gasteiger partial charge in [0, 0.05) is 5.39 Å². The van der Waals surface area contributed by atoms with Gasteiger partial charge in [0.15, 0.2) is 23.6 Å². The fraction of sp³-hybridized carbons (Fsp3) is 0.484. The number of esters is 1. The number of fused-ring (bicyclic) bond motifs is 2. The first-order valence-electron chi connectivity index (χ1n) is 15.0. The van der Waals surface area contributed by atoms with E-state index in [0.717, 1.165) is 5.39 Å². The van der Waals surface area contributed by atoms with Crippen LogP contribution >= 0.6 is 7.75 Å². The number of alkyl halides is 1. The predicted octanol–water partition coefficient (Wildman–Crippen LogP) is 4.72. The Morgan fingerprint density at radius 3 is 2.68 bits per heavy atom. The average Bonchev–Trinajstić information content (AvgIpc) is 3.52. The molecule has 1 aliphatic rings. The summed E-state index contributed by atoms with van der Waals surface area (Å²) in [6.07, 6.45) is -2.91. The van der Waals surface area contributed by atoms with Crippen LogP contribution in [0.5, 0.6) is 11.6 Å². The van der Waals surface area contributed by atoms with Crippen molar-refractivity contribution in [2.45, 2.75) is 71.2 Å². The number of methoxy groups -OCH3 is 1. The largest absolute Gasteiger partial charge is 0.479 e. The highest BCUT2D eigenvalue weighted by molar-refractivity contribution is 7.52. The van der Waals surface area contributed by atoms with Crippen LogP contribution in [0.15, 0.2) is 48.8 Å². The van der Waals surface area contributed by atoms with Crippen molar-refractivity contribution in [2.75, 3.05) is 26.1 Å². The van der Waals surface area contributed by atoms with Crippen molar-refractivity contribution in [1.82, 2.24) is 24.6 Å². The number of nitrogens with one attached hydrogen (secondary N) is 1. The molecule has 254 valence electrons. The molecule has 0 radical (unpaired) electrons. The molecule has 16 heteroatoms. The molecule has 6 atom stereocenters. The minimum Gasteiger partial charge on any atom is -0.479 e. The Hall–Kier alpha value is -3.88. The molecular weight excluding hydrogens is 634 g/mol. The third-order valence-corrected chi connectivity index (χ3v) is 9.35. The molecule has 4 aromatic rings. The van der Waals surface area contributed by atoms with Crippen molar-refractivity contribution in [3.05, 3.63) is 48.8 Å². The molecule has 47 heavy (non-hydrogen) atoms. The average molecular weight is 675 g/mol. The number of halogens is 1. The van der Waals surface area contributed by atoms with Crippen molar-refractivity contribution in [1.29, 1.82) is 0 Å². The van der Waals surface area contributed by atoms with Gasteiger partial charge in [-0.3, -0.25) is 13.9 Å². The lowest BCUT2D eigenvalue weighted by Gasteiger charge is -2.26. The summed E-state index contributed by atoms with van der Waals surface area (Å²) in [5.41, 5.74) is 4.00. The third kappa shape index (κ3) is 7.49. The van der Waals surface area contributed by atoms with Crippen LogP contribution in [0.25, 0.3) is 21.9 Å². The van der Waals surface area contributed by atoms with Crippen molar-refractivity contribution in [2.24, 2.45) is 5.41 Å². The van der Waals surface area contributed by atoms with E-state index in [9.17, 15) is 14.5 Å². The van der Waals surface area contributed by atoms with Gasteiger partial charge >= 0.3 is 13.7 Å². The van der Waals surface area contributed by atoms with Gasteiger partial charge in [-0.05, 0) is 37.1 Å². The van der Waals surface area contributed by atoms with E-state index in [1.54, 1.807) is 24.3 Å². The van der Waals surface area contributed by atoms with Gasteiger partial charge in [-0.25, -0.2) is 13.9 Å². The maximum Gasteiger partial charge on any atom is 0.459 e. The van der Waals surface area contributed by atoms with Gasteiger partial charge in [0.25, 0.3) is 0 Å². The minimum absolute atomic E-state index is 0.0648. The second kappa shape index (κ2) is 13.3. The number of rotatable bonds is 12. The van der Waals surface area contributed by atoms with Crippen LogP contribution in [0, 0.1) is 5.41 Å². The highest BCUT2D eigenvalue weighted by Gasteiger charge is 2.55. The molecule has 0 aliphatic carbocycles. The molecular formula is C31H40FN6O8P. The fourth-order valence-electron chi connectivity index (χ4n) is 5.12. The highest BCUT2D eigenvalue weighted by atomic mass is 31.2. The van der Waals surface area contributed by atoms with Crippen LogP contribution in [-0.2, 0) is 23.4 Å². The van der Waals surface area contributed by atoms with Gasteiger partial charge < -0.3 is 29.6 Å². The molecule has 14 nitrogen and oxygen atoms in total. The van der Waals surface area contributed by atoms with E-state index in [2.05, 4.69) is 20.0 Å². The number of ether oxygens (including phenoxy) is 3. The van der Waals surface area contributed by atoms with Crippen LogP contribution < -0.4 is 20.1 Å². The number of anilines is 1. The number of nitrogen functional groups attached to an aromatic ring is 1. The minimum atomic E-state index is -4.43. The molecule has 1 aliphatic heterocycles. The topological polar surface area (TPSA) is 182 Å². The number of aliphatic hydroxyl groups is 1. The van der Waals surface area contributed by atoms with Gasteiger partial charge in [0.05, 0.1) is 26.7 Å². The van der Waals surface area contributed by atoms with E-state index < -0.39 is 50.5 Å². The summed E-state index contributed by atoms with van der Waals surface area (Å²) in [7, 11) is -3.05. The van der Waals surface area contributed by atoms with E-state index >= 15 is 4.39 Å². The maximum atomic E-state index is 15.9. The second-order valence-corrected chi connectivity index (χ2v) is 14.5. The summed E-state index contributed by atoms with van der Waals surface area (Å²) in [6.45, 7) is 8.27. The normalized spacial score (nSPS) is 23.4. The first-order valence-corrected chi connectivity index (χ1v) is 16.6. The molecule has 0 saturated carbocycles. The Labute approximate surface area is 271 Å². The number of nitrogens with two attached hydrogens (primary N) is 1. The SMILES string of the molecule is COc1nc(N)nc2c1ncn2C1O[C@H](COP(=O)(N[C@@H](C)C(=O)OCCC(C)(C)C)Oc2cccc3ccccc23)[C@@H](F)[C@@]1(C)O. The smallest absolute Gasteiger partial charge is 0.459 e. The number of aromatic nitrogens is 4. The zero-order valence-electron chi connectivity index (χ0n) is 27.0. The van der Waals surface area contributed by atoms with Crippen molar-refractivity contribution in [3.8, 4) is 11.6 Å². The summed E-state index contributed by atoms with van der Waals surface area (Å²) in [6, 6.07) is 11.3. The second-order valence-electron chi connectivity index (χ2n) is 12.8. The fourth-order valence-corrected chi connectivity index (χ4v) is 6.64. The lowest BCUT2D eigenvalue weighted by atomic mass is 9.93. The van der Waals surface area contributed by atoms with Gasteiger partial charge in [0.1, 0.15) is 23.5 Å². The maximum absolute atomic E-state index is 15.9. The summed E-state index contributed by atoms with van der Waals surface area (Å²) in [5.74, 6) is -0.512. The van der Waals surface area contributed by atoms with Gasteiger partial charge in [-0.1, -0.05) is 57.2 Å². The van der Waals surface area contributed by atoms with Crippen molar-refractivity contribution < 1.29 is 42.1 Å². The molecule has 1 saturated heterocycles. The number of hydrogen-bond acceptors (Lipinski definition) is 12. The first kappa shape index (κ1) is 34.5. The van der Waals surface area contributed by atoms with Crippen LogP contribution in [0.3, 0.4) is 0 Å². The van der Waals surface area contributed by atoms with Crippen molar-refractivity contribution >= 4 is 41.6 Å². The van der Waals surface area contributed by atoms with Gasteiger partial charge in [0.2, 0.25) is 11.8 Å². The molecule has 0 spiro atoms. The molecule has 2 aromatic carbocycles. The molecule has 1 fully saturated rings. The highest BCUT2D eigenvalue weighted by Crippen LogP contribution is 2.49. The van der Waals surface area contributed by atoms with Crippen LogP contribution in [0.4, 0.5) is 10.3 Å². The summed E-state index contributed by atoms with van der Waals surface area (Å²) in [4.78, 5) is 25.2. The molecule has 3 heterocycles. The molecule has 2 aromatic heterocycles. The molecule has 5 rings (SSSR count). The van der Waals surface area contributed by atoms with Gasteiger partial charge in [-0.15, -0.1) is 0 Å². The van der Waals surface area contributed by atoms with E-state index in [-0.39, 0.29) is 40.8 Å². The molecule has 4 N–H and O–H groups in total. The summed E-state index contributed by atoms with van der Waals surface area (Å²) in [5, 5.41) is 15.3. The number of imidazole rings is 1. The van der Waals surface area contributed by atoms with Crippen molar-refractivity contribution in [3.63, 3.8) is 0 Å². The molecule has 0 bridgehead atoms. The predicted molar refractivity (Wildman–Crippen MR) is 171 cm³/mol. The Bertz CT molecular complexity index is 1790. The zero-order chi connectivity index (χ0) is 34.1. The van der Waals surface area contributed by atoms with Crippen LogP contribution in [0.1, 0.15) is 47.3 Å². The van der Waals surface area contributed by atoms with Gasteiger partial charge in [-0.2, -0.15) is 15.1 Å². The monoisotopic (exact) mass is 674 g/mol. The number of carbonyl (C=O) groups excluding carboxylic acids is 1. The quantitative estimate of drug-likeness (QED) is 0.139. The standard InChI is InChI=1S/C31H40FN6O8P/c1-18(27(39)43-15-14-30(2,3)4)37-47(41,46-21-13-9-11-19-10-7-8-12-20(19)21)44-16-22-24(32)31(5,40)28(45-22)38-17-34-23-25(38)35-29(33)36-26(23)42-6/h7-13,17-18,22,24,28,40H,14-16H2,1-6H3,(H,37,41)(H2,33,35,36)/t18-,22+,24+,28?,31+,47?/m0/s1. The lowest BCUT2D eigenvalue weighted by molar-refractivity contribution is -0.145. The molecule has 0 amide bonds. The molecule has 2 unspecified atom stereocenters. The first-order chi connectivity index (χ1) is 22.1. The zero-order valence-corrected chi connectivity index (χ0v) is 27.9. The van der Waals surface area contributed by atoms with E-state index in [1.165, 1.54) is 31.9 Å². The Balaban J connectivity index is 1.38. The third-order valence-electron chi connectivity index (χ3n) is 7.72. The van der Waals surface area contributed by atoms with E-state index in [1.807, 2.05) is 39.0 Å². The Morgan fingerprint density at radius 2 is 1.96 bits per heavy atom. The summed E-state index contributed by atoms with van der Waals surface area (Å²) >= 11 is 0. The lowest BCUT2D eigenvalue weighted by Crippen LogP contribution is -2.42. The summed E-state index contributed by atoms with van der Waals surface area (Å²) < 4.78 is 59.8. The van der Waals surface area contributed by atoms with E-state index in [0.29, 0.717) is 11.8 Å².